The second-order valence-corrected chi connectivity index (χ2v) is 6.52. The van der Waals surface area contributed by atoms with Gasteiger partial charge in [-0.05, 0) is 31.4 Å². The molecule has 6 heteroatoms. The highest BCUT2D eigenvalue weighted by Crippen LogP contribution is 2.21. The number of rotatable bonds is 6. The standard InChI is InChI=1S/C17H28N4O2/c1-20(9-10-22)15-2-3-17(18-12-15)19-14-4-7-21(8-5-14)16-6-11-23-13-16/h2-3,12,14,16,22H,4-11,13H2,1H3,(H,18,19). The van der Waals surface area contributed by atoms with Gasteiger partial charge in [-0.2, -0.15) is 0 Å². The summed E-state index contributed by atoms with van der Waals surface area (Å²) in [5, 5.41) is 12.5. The number of ether oxygens (including phenoxy) is 1. The number of likely N-dealkylation sites (N-methyl/N-ethyl adjacent to an activating group) is 1. The van der Waals surface area contributed by atoms with Crippen LogP contribution in [-0.4, -0.2) is 73.6 Å². The summed E-state index contributed by atoms with van der Waals surface area (Å²) < 4.78 is 5.49. The van der Waals surface area contributed by atoms with Crippen LogP contribution in [0.25, 0.3) is 0 Å². The fourth-order valence-electron chi connectivity index (χ4n) is 3.40. The van der Waals surface area contributed by atoms with Crippen molar-refractivity contribution in [1.82, 2.24) is 9.88 Å². The molecule has 1 aromatic heterocycles. The highest BCUT2D eigenvalue weighted by molar-refractivity contribution is 5.49. The number of piperidine rings is 1. The minimum atomic E-state index is 0.154. The molecule has 0 amide bonds. The Hall–Kier alpha value is -1.37. The van der Waals surface area contributed by atoms with Gasteiger partial charge in [0.25, 0.3) is 0 Å². The van der Waals surface area contributed by atoms with Gasteiger partial charge < -0.3 is 20.1 Å². The molecule has 6 nitrogen and oxygen atoms in total. The molecule has 1 aromatic rings. The van der Waals surface area contributed by atoms with Crippen molar-refractivity contribution < 1.29 is 9.84 Å². The van der Waals surface area contributed by atoms with E-state index >= 15 is 0 Å². The molecule has 1 atom stereocenters. The van der Waals surface area contributed by atoms with Crippen molar-refractivity contribution in [1.29, 1.82) is 0 Å². The van der Waals surface area contributed by atoms with E-state index in [0.717, 1.165) is 50.7 Å². The number of aromatic nitrogens is 1. The molecule has 2 fully saturated rings. The number of hydrogen-bond donors (Lipinski definition) is 2. The molecule has 2 aliphatic heterocycles. The molecule has 0 aliphatic carbocycles. The number of aliphatic hydroxyl groups is 1. The van der Waals surface area contributed by atoms with Crippen LogP contribution in [-0.2, 0) is 4.74 Å². The number of pyridine rings is 1. The number of aliphatic hydroxyl groups excluding tert-OH is 1. The van der Waals surface area contributed by atoms with Gasteiger partial charge in [-0.3, -0.25) is 4.90 Å². The zero-order valence-corrected chi connectivity index (χ0v) is 13.9. The van der Waals surface area contributed by atoms with Crippen LogP contribution in [0, 0.1) is 0 Å². The number of hydrogen-bond acceptors (Lipinski definition) is 6. The lowest BCUT2D eigenvalue weighted by atomic mass is 10.0. The fourth-order valence-corrected chi connectivity index (χ4v) is 3.40. The molecule has 0 saturated carbocycles. The Morgan fingerprint density at radius 2 is 2.17 bits per heavy atom. The summed E-state index contributed by atoms with van der Waals surface area (Å²) in [5.74, 6) is 0.939. The van der Waals surface area contributed by atoms with Crippen LogP contribution in [0.3, 0.4) is 0 Å². The van der Waals surface area contributed by atoms with Gasteiger partial charge in [0.05, 0.1) is 25.1 Å². The van der Waals surface area contributed by atoms with Crippen LogP contribution in [0.2, 0.25) is 0 Å². The lowest BCUT2D eigenvalue weighted by Gasteiger charge is -2.35. The van der Waals surface area contributed by atoms with Gasteiger partial charge in [0, 0.05) is 45.4 Å². The molecule has 0 aromatic carbocycles. The molecule has 128 valence electrons. The van der Waals surface area contributed by atoms with Gasteiger partial charge in [-0.1, -0.05) is 0 Å². The molecular formula is C17H28N4O2. The highest BCUT2D eigenvalue weighted by Gasteiger charge is 2.27. The fraction of sp³-hybridized carbons (Fsp3) is 0.706. The Kier molecular flexibility index (Phi) is 5.70. The van der Waals surface area contributed by atoms with Crippen LogP contribution >= 0.6 is 0 Å². The number of nitrogens with zero attached hydrogens (tertiary/aromatic N) is 3. The van der Waals surface area contributed by atoms with Crippen LogP contribution in [0.15, 0.2) is 18.3 Å². The zero-order valence-electron chi connectivity index (χ0n) is 13.9. The van der Waals surface area contributed by atoms with Gasteiger partial charge >= 0.3 is 0 Å². The van der Waals surface area contributed by atoms with Crippen LogP contribution in [0.1, 0.15) is 19.3 Å². The van der Waals surface area contributed by atoms with E-state index in [2.05, 4.69) is 21.3 Å². The Balaban J connectivity index is 1.46. The number of nitrogens with one attached hydrogen (secondary N) is 1. The van der Waals surface area contributed by atoms with E-state index in [9.17, 15) is 0 Å². The maximum atomic E-state index is 8.98. The van der Waals surface area contributed by atoms with E-state index in [0.29, 0.717) is 18.6 Å². The maximum absolute atomic E-state index is 8.98. The average molecular weight is 320 g/mol. The van der Waals surface area contributed by atoms with E-state index in [1.165, 1.54) is 6.42 Å². The van der Waals surface area contributed by atoms with E-state index in [1.54, 1.807) is 0 Å². The lowest BCUT2D eigenvalue weighted by molar-refractivity contribution is 0.124. The monoisotopic (exact) mass is 320 g/mol. The van der Waals surface area contributed by atoms with Crippen LogP contribution in [0.4, 0.5) is 11.5 Å². The Morgan fingerprint density at radius 3 is 2.78 bits per heavy atom. The van der Waals surface area contributed by atoms with E-state index in [-0.39, 0.29) is 6.61 Å². The van der Waals surface area contributed by atoms with E-state index < -0.39 is 0 Å². The molecule has 1 unspecified atom stereocenters. The summed E-state index contributed by atoms with van der Waals surface area (Å²) in [6.07, 6.45) is 5.36. The van der Waals surface area contributed by atoms with Crippen molar-refractivity contribution >= 4 is 11.5 Å². The first-order valence-electron chi connectivity index (χ1n) is 8.62. The van der Waals surface area contributed by atoms with Crippen molar-refractivity contribution in [2.75, 3.05) is 56.7 Å². The predicted molar refractivity (Wildman–Crippen MR) is 92.0 cm³/mol. The number of anilines is 2. The third-order valence-electron chi connectivity index (χ3n) is 4.93. The third-order valence-corrected chi connectivity index (χ3v) is 4.93. The minimum Gasteiger partial charge on any atom is -0.395 e. The predicted octanol–water partition coefficient (Wildman–Crippen LogP) is 1.18. The maximum Gasteiger partial charge on any atom is 0.126 e. The van der Waals surface area contributed by atoms with Crippen molar-refractivity contribution in [3.05, 3.63) is 18.3 Å². The first-order chi connectivity index (χ1) is 11.3. The highest BCUT2D eigenvalue weighted by atomic mass is 16.5. The molecule has 2 aliphatic rings. The second kappa shape index (κ2) is 7.95. The topological polar surface area (TPSA) is 60.9 Å². The largest absolute Gasteiger partial charge is 0.395 e. The summed E-state index contributed by atoms with van der Waals surface area (Å²) in [7, 11) is 1.96. The first kappa shape index (κ1) is 16.5. The van der Waals surface area contributed by atoms with Crippen LogP contribution in [0.5, 0.6) is 0 Å². The van der Waals surface area contributed by atoms with Crippen molar-refractivity contribution in [2.24, 2.45) is 0 Å². The summed E-state index contributed by atoms with van der Waals surface area (Å²) in [5.41, 5.74) is 1.03. The lowest BCUT2D eigenvalue weighted by Crippen LogP contribution is -2.44. The third kappa shape index (κ3) is 4.34. The Morgan fingerprint density at radius 1 is 1.35 bits per heavy atom. The van der Waals surface area contributed by atoms with Gasteiger partial charge in [0.1, 0.15) is 5.82 Å². The molecule has 3 rings (SSSR count). The Bertz CT molecular complexity index is 468. The van der Waals surface area contributed by atoms with Crippen molar-refractivity contribution in [3.63, 3.8) is 0 Å². The zero-order chi connectivity index (χ0) is 16.1. The quantitative estimate of drug-likeness (QED) is 0.821. The van der Waals surface area contributed by atoms with Gasteiger partial charge in [-0.25, -0.2) is 4.98 Å². The van der Waals surface area contributed by atoms with Crippen molar-refractivity contribution in [2.45, 2.75) is 31.3 Å². The summed E-state index contributed by atoms with van der Waals surface area (Å²) in [4.78, 5) is 9.08. The van der Waals surface area contributed by atoms with Gasteiger partial charge in [0.15, 0.2) is 0 Å². The summed E-state index contributed by atoms with van der Waals surface area (Å²) >= 11 is 0. The molecule has 0 bridgehead atoms. The van der Waals surface area contributed by atoms with Gasteiger partial charge in [-0.15, -0.1) is 0 Å². The molecular weight excluding hydrogens is 292 g/mol. The molecule has 2 N–H and O–H groups in total. The molecule has 0 spiro atoms. The normalized spacial score (nSPS) is 23.1. The van der Waals surface area contributed by atoms with Gasteiger partial charge in [0.2, 0.25) is 0 Å². The number of likely N-dealkylation sites (tertiary alicyclic amines) is 1. The summed E-state index contributed by atoms with van der Waals surface area (Å²) in [6, 6.07) is 5.22. The molecule has 3 heterocycles. The molecule has 0 radical (unpaired) electrons. The smallest absolute Gasteiger partial charge is 0.126 e. The molecule has 23 heavy (non-hydrogen) atoms. The van der Waals surface area contributed by atoms with E-state index in [1.807, 2.05) is 24.2 Å². The Labute approximate surface area is 138 Å². The SMILES string of the molecule is CN(CCO)c1ccc(NC2CCN(C3CCOC3)CC2)nc1. The minimum absolute atomic E-state index is 0.154. The average Bonchev–Trinajstić information content (AvgIpc) is 3.11. The van der Waals surface area contributed by atoms with Crippen molar-refractivity contribution in [3.8, 4) is 0 Å². The van der Waals surface area contributed by atoms with Crippen LogP contribution < -0.4 is 10.2 Å². The first-order valence-corrected chi connectivity index (χ1v) is 8.62. The van der Waals surface area contributed by atoms with E-state index in [4.69, 9.17) is 9.84 Å². The summed E-state index contributed by atoms with van der Waals surface area (Å²) in [6.45, 7) is 4.89. The molecule has 2 saturated heterocycles. The second-order valence-electron chi connectivity index (χ2n) is 6.52.